The van der Waals surface area contributed by atoms with Crippen LogP contribution in [0.2, 0.25) is 0 Å². The molecule has 0 heterocycles. The van der Waals surface area contributed by atoms with Crippen molar-refractivity contribution in [3.05, 3.63) is 0 Å². The molecule has 4 nitrogen and oxygen atoms in total. The van der Waals surface area contributed by atoms with E-state index in [1.807, 2.05) is 0 Å². The minimum Gasteiger partial charge on any atom is -0.480 e. The van der Waals surface area contributed by atoms with E-state index in [2.05, 4.69) is 5.32 Å². The summed E-state index contributed by atoms with van der Waals surface area (Å²) in [5, 5.41) is 11.1. The maximum atomic E-state index is 10.7. The van der Waals surface area contributed by atoms with E-state index in [4.69, 9.17) is 5.11 Å². The van der Waals surface area contributed by atoms with Gasteiger partial charge in [0.05, 0.1) is 0 Å². The van der Waals surface area contributed by atoms with Crippen molar-refractivity contribution in [3.8, 4) is 0 Å². The Labute approximate surface area is 77.3 Å². The van der Waals surface area contributed by atoms with Crippen LogP contribution in [0.3, 0.4) is 0 Å². The van der Waals surface area contributed by atoms with Gasteiger partial charge in [-0.1, -0.05) is 25.7 Å². The second kappa shape index (κ2) is 4.84. The fourth-order valence-corrected chi connectivity index (χ4v) is 1.90. The van der Waals surface area contributed by atoms with Crippen molar-refractivity contribution >= 4 is 12.4 Å². The van der Waals surface area contributed by atoms with Crippen LogP contribution in [0.5, 0.6) is 0 Å². The van der Waals surface area contributed by atoms with Gasteiger partial charge in [0.1, 0.15) is 6.04 Å². The zero-order valence-corrected chi connectivity index (χ0v) is 7.53. The van der Waals surface area contributed by atoms with Crippen LogP contribution in [0.4, 0.5) is 0 Å². The van der Waals surface area contributed by atoms with Gasteiger partial charge in [-0.05, 0) is 12.3 Å². The fourth-order valence-electron chi connectivity index (χ4n) is 1.90. The number of carbonyl (C=O) groups is 2. The van der Waals surface area contributed by atoms with E-state index in [1.165, 1.54) is 12.8 Å². The summed E-state index contributed by atoms with van der Waals surface area (Å²) in [5.41, 5.74) is 0. The van der Waals surface area contributed by atoms with E-state index in [0.717, 1.165) is 12.8 Å². The van der Waals surface area contributed by atoms with Crippen molar-refractivity contribution in [1.82, 2.24) is 5.32 Å². The third-order valence-electron chi connectivity index (χ3n) is 2.61. The van der Waals surface area contributed by atoms with Gasteiger partial charge >= 0.3 is 5.97 Å². The lowest BCUT2D eigenvalue weighted by atomic mass is 9.99. The van der Waals surface area contributed by atoms with Gasteiger partial charge in [-0.2, -0.15) is 0 Å². The predicted octanol–water partition coefficient (Wildman–Crippen LogP) is 0.766. The monoisotopic (exact) mass is 185 g/mol. The molecule has 1 rings (SSSR count). The summed E-state index contributed by atoms with van der Waals surface area (Å²) in [4.78, 5) is 20.8. The molecule has 2 N–H and O–H groups in total. The van der Waals surface area contributed by atoms with Crippen molar-refractivity contribution in [2.24, 2.45) is 5.92 Å². The molecular weight excluding hydrogens is 170 g/mol. The molecule has 0 aromatic rings. The predicted molar refractivity (Wildman–Crippen MR) is 47.2 cm³/mol. The Hall–Kier alpha value is -1.06. The SMILES string of the molecule is O=CN[C@@H](CC1CCCC1)C(=O)O. The molecule has 0 unspecified atom stereocenters. The first kappa shape index (κ1) is 10.0. The van der Waals surface area contributed by atoms with Crippen molar-refractivity contribution in [1.29, 1.82) is 0 Å². The average molecular weight is 185 g/mol. The lowest BCUT2D eigenvalue weighted by molar-refractivity contribution is -0.141. The van der Waals surface area contributed by atoms with Crippen LogP contribution in [-0.2, 0) is 9.59 Å². The lowest BCUT2D eigenvalue weighted by Crippen LogP contribution is -2.37. The molecule has 0 aromatic heterocycles. The Balaban J connectivity index is 2.36. The summed E-state index contributed by atoms with van der Waals surface area (Å²) in [7, 11) is 0. The lowest BCUT2D eigenvalue weighted by Gasteiger charge is -2.15. The highest BCUT2D eigenvalue weighted by Crippen LogP contribution is 2.28. The first-order chi connectivity index (χ1) is 6.24. The van der Waals surface area contributed by atoms with Gasteiger partial charge < -0.3 is 10.4 Å². The minimum absolute atomic E-state index is 0.466. The van der Waals surface area contributed by atoms with Crippen LogP contribution in [0, 0.1) is 5.92 Å². The summed E-state index contributed by atoms with van der Waals surface area (Å²) in [6.45, 7) is 0. The number of aliphatic carboxylic acids is 1. The van der Waals surface area contributed by atoms with E-state index in [1.54, 1.807) is 0 Å². The van der Waals surface area contributed by atoms with E-state index in [0.29, 0.717) is 18.7 Å². The summed E-state index contributed by atoms with van der Waals surface area (Å²) < 4.78 is 0. The number of hydrogen-bond donors (Lipinski definition) is 2. The van der Waals surface area contributed by atoms with E-state index >= 15 is 0 Å². The van der Waals surface area contributed by atoms with Crippen LogP contribution in [-0.4, -0.2) is 23.5 Å². The van der Waals surface area contributed by atoms with Gasteiger partial charge in [0.15, 0.2) is 0 Å². The molecule has 0 saturated heterocycles. The second-order valence-electron chi connectivity index (χ2n) is 3.56. The molecule has 0 radical (unpaired) electrons. The molecule has 74 valence electrons. The van der Waals surface area contributed by atoms with Gasteiger partial charge in [-0.15, -0.1) is 0 Å². The fraction of sp³-hybridized carbons (Fsp3) is 0.778. The Morgan fingerprint density at radius 3 is 2.62 bits per heavy atom. The molecule has 1 aliphatic carbocycles. The highest BCUT2D eigenvalue weighted by atomic mass is 16.4. The number of amides is 1. The first-order valence-corrected chi connectivity index (χ1v) is 4.66. The molecule has 1 amide bonds. The number of carboxylic acid groups (broad SMARTS) is 1. The largest absolute Gasteiger partial charge is 0.480 e. The summed E-state index contributed by atoms with van der Waals surface area (Å²) in [6.07, 6.45) is 5.63. The molecule has 13 heavy (non-hydrogen) atoms. The minimum atomic E-state index is -0.931. The number of nitrogens with one attached hydrogen (secondary N) is 1. The second-order valence-corrected chi connectivity index (χ2v) is 3.56. The van der Waals surface area contributed by atoms with Crippen LogP contribution in [0.25, 0.3) is 0 Å². The van der Waals surface area contributed by atoms with Crippen molar-refractivity contribution < 1.29 is 14.7 Å². The van der Waals surface area contributed by atoms with E-state index in [9.17, 15) is 9.59 Å². The Bertz CT molecular complexity index is 187. The third kappa shape index (κ3) is 3.05. The highest BCUT2D eigenvalue weighted by Gasteiger charge is 2.23. The quantitative estimate of drug-likeness (QED) is 0.621. The highest BCUT2D eigenvalue weighted by molar-refractivity contribution is 5.76. The topological polar surface area (TPSA) is 66.4 Å². The van der Waals surface area contributed by atoms with E-state index in [-0.39, 0.29) is 0 Å². The van der Waals surface area contributed by atoms with Gasteiger partial charge in [0.25, 0.3) is 0 Å². The number of carbonyl (C=O) groups excluding carboxylic acids is 1. The van der Waals surface area contributed by atoms with Crippen LogP contribution < -0.4 is 5.32 Å². The van der Waals surface area contributed by atoms with Crippen molar-refractivity contribution in [2.45, 2.75) is 38.1 Å². The first-order valence-electron chi connectivity index (χ1n) is 4.66. The van der Waals surface area contributed by atoms with Crippen molar-refractivity contribution in [3.63, 3.8) is 0 Å². The molecule has 1 aliphatic rings. The summed E-state index contributed by atoms with van der Waals surface area (Å²) in [6, 6.07) is -0.694. The van der Waals surface area contributed by atoms with E-state index < -0.39 is 12.0 Å². The summed E-state index contributed by atoms with van der Waals surface area (Å²) in [5.74, 6) is -0.451. The maximum absolute atomic E-state index is 10.7. The number of carboxylic acids is 1. The zero-order valence-electron chi connectivity index (χ0n) is 7.53. The smallest absolute Gasteiger partial charge is 0.326 e. The normalized spacial score (nSPS) is 19.7. The molecule has 0 spiro atoms. The molecule has 4 heteroatoms. The third-order valence-corrected chi connectivity index (χ3v) is 2.61. The van der Waals surface area contributed by atoms with Gasteiger partial charge in [-0.3, -0.25) is 4.79 Å². The standard InChI is InChI=1S/C9H15NO3/c11-6-10-8(9(12)13)5-7-3-1-2-4-7/h6-8H,1-5H2,(H,10,11)(H,12,13)/t8-/m0/s1. The van der Waals surface area contributed by atoms with Crippen LogP contribution in [0.15, 0.2) is 0 Å². The Kier molecular flexibility index (Phi) is 3.73. The maximum Gasteiger partial charge on any atom is 0.326 e. The molecule has 1 saturated carbocycles. The van der Waals surface area contributed by atoms with Gasteiger partial charge in [0.2, 0.25) is 6.41 Å². The molecule has 0 aliphatic heterocycles. The van der Waals surface area contributed by atoms with Crippen LogP contribution >= 0.6 is 0 Å². The van der Waals surface area contributed by atoms with Crippen molar-refractivity contribution in [2.75, 3.05) is 0 Å². The molecule has 0 aromatic carbocycles. The van der Waals surface area contributed by atoms with Crippen LogP contribution in [0.1, 0.15) is 32.1 Å². The molecule has 1 atom stereocenters. The summed E-state index contributed by atoms with van der Waals surface area (Å²) >= 11 is 0. The van der Waals surface area contributed by atoms with Gasteiger partial charge in [0, 0.05) is 0 Å². The van der Waals surface area contributed by atoms with Gasteiger partial charge in [-0.25, -0.2) is 4.79 Å². The zero-order chi connectivity index (χ0) is 9.68. The Morgan fingerprint density at radius 2 is 2.15 bits per heavy atom. The molecule has 1 fully saturated rings. The molecular formula is C9H15NO3. The number of rotatable bonds is 5. The number of hydrogen-bond acceptors (Lipinski definition) is 2. The molecule has 0 bridgehead atoms. The average Bonchev–Trinajstić information content (AvgIpc) is 2.56. The Morgan fingerprint density at radius 1 is 1.54 bits per heavy atom.